The summed E-state index contributed by atoms with van der Waals surface area (Å²) in [6, 6.07) is 12.8. The van der Waals surface area contributed by atoms with Gasteiger partial charge in [0.25, 0.3) is 0 Å². The number of phenolic OH excluding ortho intramolecular Hbond substituents is 1. The van der Waals surface area contributed by atoms with E-state index in [0.29, 0.717) is 17.1 Å². The maximum Gasteiger partial charge on any atom is 0.226 e. The molecule has 18 heavy (non-hydrogen) atoms. The van der Waals surface area contributed by atoms with Crippen LogP contribution in [-0.2, 0) is 0 Å². The number of hydrogen-bond acceptors (Lipinski definition) is 3. The van der Waals surface area contributed by atoms with Crippen molar-refractivity contribution in [2.45, 2.75) is 0 Å². The Balaban J connectivity index is 2.32. The number of aromatic hydroxyl groups is 1. The summed E-state index contributed by atoms with van der Waals surface area (Å²) in [6.45, 7) is 0. The fourth-order valence-corrected chi connectivity index (χ4v) is 2.02. The lowest BCUT2D eigenvalue weighted by Crippen LogP contribution is -1.91. The van der Waals surface area contributed by atoms with Crippen molar-refractivity contribution in [3.05, 3.63) is 48.7 Å². The number of aromatic nitrogens is 2. The first-order chi connectivity index (χ1) is 8.81. The summed E-state index contributed by atoms with van der Waals surface area (Å²) in [6.07, 6.45) is 1.88. The number of methoxy groups -OCH3 is 1. The summed E-state index contributed by atoms with van der Waals surface area (Å²) in [5.41, 5.74) is 2.09. The number of fused-ring (bicyclic) bond motifs is 1. The summed E-state index contributed by atoms with van der Waals surface area (Å²) in [5.74, 6) is 0.811. The highest BCUT2D eigenvalue weighted by Gasteiger charge is 2.16. The maximum absolute atomic E-state index is 9.90. The number of imidazole rings is 1. The van der Waals surface area contributed by atoms with E-state index in [4.69, 9.17) is 4.74 Å². The molecule has 0 bridgehead atoms. The molecule has 1 N–H and O–H groups in total. The van der Waals surface area contributed by atoms with Gasteiger partial charge in [0.05, 0.1) is 7.11 Å². The van der Waals surface area contributed by atoms with Crippen LogP contribution in [0.5, 0.6) is 11.6 Å². The number of hydrogen-bond donors (Lipinski definition) is 1. The lowest BCUT2D eigenvalue weighted by Gasteiger charge is -2.04. The SMILES string of the molecule is COc1c(-c2ccccc2O)nc2ccccn12. The first-order valence-electron chi connectivity index (χ1n) is 5.60. The van der Waals surface area contributed by atoms with Gasteiger partial charge in [-0.3, -0.25) is 4.40 Å². The molecule has 1 aromatic carbocycles. The van der Waals surface area contributed by atoms with E-state index >= 15 is 0 Å². The maximum atomic E-state index is 9.90. The molecule has 3 aromatic rings. The molecule has 2 heterocycles. The molecule has 0 saturated heterocycles. The van der Waals surface area contributed by atoms with E-state index in [1.807, 2.05) is 40.9 Å². The van der Waals surface area contributed by atoms with Gasteiger partial charge in [0.15, 0.2) is 0 Å². The Bertz CT molecular complexity index is 704. The molecule has 0 amide bonds. The van der Waals surface area contributed by atoms with Gasteiger partial charge in [-0.25, -0.2) is 4.98 Å². The van der Waals surface area contributed by atoms with Gasteiger partial charge in [0, 0.05) is 11.8 Å². The van der Waals surface area contributed by atoms with E-state index in [-0.39, 0.29) is 5.75 Å². The molecule has 0 unspecified atom stereocenters. The normalized spacial score (nSPS) is 10.7. The zero-order chi connectivity index (χ0) is 12.5. The highest BCUT2D eigenvalue weighted by atomic mass is 16.5. The molecule has 0 aliphatic heterocycles. The summed E-state index contributed by atoms with van der Waals surface area (Å²) >= 11 is 0. The summed E-state index contributed by atoms with van der Waals surface area (Å²) in [5, 5.41) is 9.90. The Hall–Kier alpha value is -2.49. The number of ether oxygens (including phenoxy) is 1. The summed E-state index contributed by atoms with van der Waals surface area (Å²) in [4.78, 5) is 4.49. The minimum absolute atomic E-state index is 0.194. The van der Waals surface area contributed by atoms with Crippen molar-refractivity contribution in [2.24, 2.45) is 0 Å². The van der Waals surface area contributed by atoms with Gasteiger partial charge in [0.2, 0.25) is 5.88 Å². The predicted octanol–water partition coefficient (Wildman–Crippen LogP) is 2.72. The molecule has 0 radical (unpaired) electrons. The number of nitrogens with zero attached hydrogens (tertiary/aromatic N) is 2. The largest absolute Gasteiger partial charge is 0.507 e. The van der Waals surface area contributed by atoms with Crippen LogP contribution in [0.15, 0.2) is 48.7 Å². The minimum Gasteiger partial charge on any atom is -0.507 e. The molecule has 0 spiro atoms. The Morgan fingerprint density at radius 2 is 1.89 bits per heavy atom. The van der Waals surface area contributed by atoms with Crippen molar-refractivity contribution in [3.63, 3.8) is 0 Å². The van der Waals surface area contributed by atoms with Crippen molar-refractivity contribution in [3.8, 4) is 22.9 Å². The third kappa shape index (κ3) is 1.50. The second kappa shape index (κ2) is 4.07. The molecule has 0 aliphatic carbocycles. The third-order valence-electron chi connectivity index (χ3n) is 2.84. The number of phenols is 1. The average molecular weight is 240 g/mol. The molecular weight excluding hydrogens is 228 g/mol. The molecular formula is C14H12N2O2. The van der Waals surface area contributed by atoms with Gasteiger partial charge in [-0.1, -0.05) is 18.2 Å². The molecule has 0 fully saturated rings. The summed E-state index contributed by atoms with van der Waals surface area (Å²) < 4.78 is 7.25. The minimum atomic E-state index is 0.194. The lowest BCUT2D eigenvalue weighted by atomic mass is 10.1. The second-order valence-corrected chi connectivity index (χ2v) is 3.92. The Morgan fingerprint density at radius 1 is 1.11 bits per heavy atom. The van der Waals surface area contributed by atoms with E-state index in [9.17, 15) is 5.11 Å². The topological polar surface area (TPSA) is 46.8 Å². The predicted molar refractivity (Wildman–Crippen MR) is 68.8 cm³/mol. The molecule has 4 heteroatoms. The molecule has 3 rings (SSSR count). The molecule has 2 aromatic heterocycles. The van der Waals surface area contributed by atoms with Crippen LogP contribution in [0.25, 0.3) is 16.9 Å². The Morgan fingerprint density at radius 3 is 2.67 bits per heavy atom. The fourth-order valence-electron chi connectivity index (χ4n) is 2.02. The van der Waals surface area contributed by atoms with Crippen LogP contribution in [0, 0.1) is 0 Å². The third-order valence-corrected chi connectivity index (χ3v) is 2.84. The molecule has 90 valence electrons. The van der Waals surface area contributed by atoms with E-state index in [0.717, 1.165) is 5.65 Å². The van der Waals surface area contributed by atoms with E-state index in [1.54, 1.807) is 19.2 Å². The highest BCUT2D eigenvalue weighted by molar-refractivity contribution is 5.74. The highest BCUT2D eigenvalue weighted by Crippen LogP contribution is 2.35. The van der Waals surface area contributed by atoms with Crippen molar-refractivity contribution >= 4 is 5.65 Å². The van der Waals surface area contributed by atoms with Gasteiger partial charge in [-0.05, 0) is 24.3 Å². The Labute approximate surface area is 104 Å². The summed E-state index contributed by atoms with van der Waals surface area (Å²) in [7, 11) is 1.60. The van der Waals surface area contributed by atoms with E-state index < -0.39 is 0 Å². The van der Waals surface area contributed by atoms with Gasteiger partial charge >= 0.3 is 0 Å². The van der Waals surface area contributed by atoms with Gasteiger partial charge in [-0.15, -0.1) is 0 Å². The number of rotatable bonds is 2. The zero-order valence-corrected chi connectivity index (χ0v) is 9.87. The van der Waals surface area contributed by atoms with Gasteiger partial charge in [0.1, 0.15) is 17.1 Å². The quantitative estimate of drug-likeness (QED) is 0.749. The first-order valence-corrected chi connectivity index (χ1v) is 5.60. The van der Waals surface area contributed by atoms with E-state index in [1.165, 1.54) is 0 Å². The van der Waals surface area contributed by atoms with Crippen LogP contribution in [0.4, 0.5) is 0 Å². The molecule has 0 atom stereocenters. The van der Waals surface area contributed by atoms with Crippen LogP contribution in [-0.4, -0.2) is 21.6 Å². The van der Waals surface area contributed by atoms with Crippen LogP contribution in [0.2, 0.25) is 0 Å². The smallest absolute Gasteiger partial charge is 0.226 e. The molecule has 0 aliphatic rings. The van der Waals surface area contributed by atoms with Crippen LogP contribution < -0.4 is 4.74 Å². The number of benzene rings is 1. The van der Waals surface area contributed by atoms with E-state index in [2.05, 4.69) is 4.98 Å². The zero-order valence-electron chi connectivity index (χ0n) is 9.87. The van der Waals surface area contributed by atoms with Crippen LogP contribution in [0.3, 0.4) is 0 Å². The monoisotopic (exact) mass is 240 g/mol. The lowest BCUT2D eigenvalue weighted by molar-refractivity contribution is 0.395. The van der Waals surface area contributed by atoms with Gasteiger partial charge in [-0.2, -0.15) is 0 Å². The average Bonchev–Trinajstić information content (AvgIpc) is 2.77. The van der Waals surface area contributed by atoms with Crippen molar-refractivity contribution in [2.75, 3.05) is 7.11 Å². The number of pyridine rings is 1. The van der Waals surface area contributed by atoms with Crippen molar-refractivity contribution in [1.82, 2.24) is 9.38 Å². The first kappa shape index (κ1) is 10.7. The molecule has 4 nitrogen and oxygen atoms in total. The fraction of sp³-hybridized carbons (Fsp3) is 0.0714. The van der Waals surface area contributed by atoms with Crippen molar-refractivity contribution < 1.29 is 9.84 Å². The van der Waals surface area contributed by atoms with Crippen molar-refractivity contribution in [1.29, 1.82) is 0 Å². The van der Waals surface area contributed by atoms with Crippen LogP contribution in [0.1, 0.15) is 0 Å². The Kier molecular flexibility index (Phi) is 2.41. The standard InChI is InChI=1S/C14H12N2O2/c1-18-14-13(10-6-2-3-7-11(10)17)15-12-8-4-5-9-16(12)14/h2-9,17H,1H3. The van der Waals surface area contributed by atoms with Crippen LogP contribution >= 0.6 is 0 Å². The second-order valence-electron chi connectivity index (χ2n) is 3.92. The molecule has 0 saturated carbocycles. The number of para-hydroxylation sites is 1. The van der Waals surface area contributed by atoms with Gasteiger partial charge < -0.3 is 9.84 Å².